The molecule has 7 rings (SSSR count). The van der Waals surface area contributed by atoms with Crippen molar-refractivity contribution in [2.45, 2.75) is 78.2 Å². The Labute approximate surface area is 209 Å². The molecule has 4 saturated carbocycles. The number of nitrogens with one attached hydrogen (secondary N) is 1. The van der Waals surface area contributed by atoms with Gasteiger partial charge in [0.15, 0.2) is 0 Å². The minimum absolute atomic E-state index is 0.0221. The summed E-state index contributed by atoms with van der Waals surface area (Å²) in [5.74, 6) is 0.967. The molecule has 1 heterocycles. The van der Waals surface area contributed by atoms with Crippen molar-refractivity contribution >= 4 is 17.5 Å². The second-order valence-corrected chi connectivity index (χ2v) is 13.0. The summed E-state index contributed by atoms with van der Waals surface area (Å²) in [6, 6.07) is 16.0. The summed E-state index contributed by atoms with van der Waals surface area (Å²) in [7, 11) is 0. The fourth-order valence-corrected chi connectivity index (χ4v) is 9.36. The highest BCUT2D eigenvalue weighted by Gasteiger charge is 2.60. The van der Waals surface area contributed by atoms with Gasteiger partial charge in [-0.25, -0.2) is 0 Å². The first-order valence-electron chi connectivity index (χ1n) is 13.4. The van der Waals surface area contributed by atoms with E-state index < -0.39 is 0 Å². The summed E-state index contributed by atoms with van der Waals surface area (Å²) in [5.41, 5.74) is 4.66. The number of nitrogens with zero attached hydrogens (tertiary/aromatic N) is 1. The molecule has 4 heteroatoms. The van der Waals surface area contributed by atoms with E-state index in [1.807, 2.05) is 41.3 Å². The molecule has 2 aromatic rings. The first-order chi connectivity index (χ1) is 16.7. The highest BCUT2D eigenvalue weighted by Crippen LogP contribution is 2.70. The van der Waals surface area contributed by atoms with Gasteiger partial charge in [0.2, 0.25) is 5.91 Å². The zero-order valence-corrected chi connectivity index (χ0v) is 21.4. The van der Waals surface area contributed by atoms with Crippen LogP contribution in [0.2, 0.25) is 0 Å². The van der Waals surface area contributed by atoms with Crippen molar-refractivity contribution in [1.29, 1.82) is 0 Å². The van der Waals surface area contributed by atoms with Crippen molar-refractivity contribution < 1.29 is 9.59 Å². The molecule has 4 nitrogen and oxygen atoms in total. The lowest BCUT2D eigenvalue weighted by Crippen LogP contribution is -2.55. The molecule has 35 heavy (non-hydrogen) atoms. The summed E-state index contributed by atoms with van der Waals surface area (Å²) in [6.07, 6.45) is 8.99. The average molecular weight is 471 g/mol. The lowest BCUT2D eigenvalue weighted by molar-refractivity contribution is -0.153. The predicted molar refractivity (Wildman–Crippen MR) is 139 cm³/mol. The second-order valence-electron chi connectivity index (χ2n) is 13.0. The van der Waals surface area contributed by atoms with Crippen molar-refractivity contribution in [1.82, 2.24) is 4.90 Å². The molecular weight excluding hydrogens is 432 g/mol. The summed E-state index contributed by atoms with van der Waals surface area (Å²) in [6.45, 7) is 7.68. The topological polar surface area (TPSA) is 49.4 Å². The van der Waals surface area contributed by atoms with Gasteiger partial charge in [0.25, 0.3) is 5.91 Å². The van der Waals surface area contributed by atoms with E-state index in [4.69, 9.17) is 0 Å². The monoisotopic (exact) mass is 470 g/mol. The van der Waals surface area contributed by atoms with Crippen LogP contribution in [0.3, 0.4) is 0 Å². The first kappa shape index (κ1) is 22.8. The van der Waals surface area contributed by atoms with Crippen molar-refractivity contribution in [3.8, 4) is 0 Å². The maximum absolute atomic E-state index is 13.5. The Morgan fingerprint density at radius 2 is 1.71 bits per heavy atom. The Hall–Kier alpha value is -2.62. The molecule has 0 spiro atoms. The predicted octanol–water partition coefficient (Wildman–Crippen LogP) is 6.77. The Morgan fingerprint density at radius 1 is 1.00 bits per heavy atom. The van der Waals surface area contributed by atoms with Crippen molar-refractivity contribution in [3.05, 3.63) is 65.2 Å². The molecule has 0 saturated heterocycles. The number of carbonyl (C=O) groups is 2. The maximum Gasteiger partial charge on any atom is 0.254 e. The standard InChI is InChI=1S/C31H38N2O2/c1-21(23-8-5-4-6-9-23)33-13-12-24-25(28(33)35)10-7-11-26(24)32-27(34)17-31-16-22-14-29(2,19-31)18-30(3,15-22)20-31/h4-11,21-22H,12-20H2,1-3H3,(H,32,34)/t21-,22?,29?,30?,31?/m0/s1. The molecule has 3 atom stereocenters. The van der Waals surface area contributed by atoms with Gasteiger partial charge in [-0.3, -0.25) is 9.59 Å². The molecule has 2 aromatic carbocycles. The minimum Gasteiger partial charge on any atom is -0.332 e. The van der Waals surface area contributed by atoms with Gasteiger partial charge in [0.1, 0.15) is 0 Å². The van der Waals surface area contributed by atoms with Crippen LogP contribution in [0.1, 0.15) is 93.2 Å². The number of fused-ring (bicyclic) bond motifs is 1. The zero-order valence-electron chi connectivity index (χ0n) is 21.4. The van der Waals surface area contributed by atoms with Gasteiger partial charge >= 0.3 is 0 Å². The molecular formula is C31H38N2O2. The summed E-state index contributed by atoms with van der Waals surface area (Å²) < 4.78 is 0. The molecule has 5 aliphatic rings. The third kappa shape index (κ3) is 3.99. The van der Waals surface area contributed by atoms with Gasteiger partial charge in [0.05, 0.1) is 6.04 Å². The molecule has 1 aliphatic heterocycles. The number of rotatable bonds is 5. The third-order valence-corrected chi connectivity index (χ3v) is 9.57. The van der Waals surface area contributed by atoms with Crippen LogP contribution in [0.5, 0.6) is 0 Å². The second kappa shape index (κ2) is 7.94. The van der Waals surface area contributed by atoms with Crippen LogP contribution >= 0.6 is 0 Å². The molecule has 4 fully saturated rings. The fraction of sp³-hybridized carbons (Fsp3) is 0.548. The smallest absolute Gasteiger partial charge is 0.254 e. The molecule has 4 bridgehead atoms. The van der Waals surface area contributed by atoms with E-state index >= 15 is 0 Å². The number of hydrogen-bond donors (Lipinski definition) is 1. The lowest BCUT2D eigenvalue weighted by Gasteiger charge is -2.65. The van der Waals surface area contributed by atoms with Crippen LogP contribution in [-0.2, 0) is 11.2 Å². The van der Waals surface area contributed by atoms with Crippen LogP contribution in [0.4, 0.5) is 5.69 Å². The highest BCUT2D eigenvalue weighted by atomic mass is 16.2. The lowest BCUT2D eigenvalue weighted by atomic mass is 9.40. The van der Waals surface area contributed by atoms with E-state index in [2.05, 4.69) is 38.2 Å². The molecule has 4 aliphatic carbocycles. The average Bonchev–Trinajstić information content (AvgIpc) is 2.77. The van der Waals surface area contributed by atoms with E-state index in [1.54, 1.807) is 0 Å². The van der Waals surface area contributed by atoms with Crippen LogP contribution < -0.4 is 5.32 Å². The van der Waals surface area contributed by atoms with E-state index in [1.165, 1.54) is 38.5 Å². The zero-order chi connectivity index (χ0) is 24.4. The Bertz CT molecular complexity index is 1150. The van der Waals surface area contributed by atoms with E-state index in [0.29, 0.717) is 23.8 Å². The van der Waals surface area contributed by atoms with E-state index in [0.717, 1.165) is 34.7 Å². The summed E-state index contributed by atoms with van der Waals surface area (Å²) in [5, 5.41) is 3.26. The number of amides is 2. The van der Waals surface area contributed by atoms with Gasteiger partial charge in [-0.15, -0.1) is 0 Å². The van der Waals surface area contributed by atoms with Crippen LogP contribution in [0.15, 0.2) is 48.5 Å². The van der Waals surface area contributed by atoms with Crippen molar-refractivity contribution in [2.75, 3.05) is 11.9 Å². The Balaban J connectivity index is 1.19. The fourth-order valence-electron chi connectivity index (χ4n) is 9.36. The largest absolute Gasteiger partial charge is 0.332 e. The molecule has 0 radical (unpaired) electrons. The Morgan fingerprint density at radius 3 is 2.40 bits per heavy atom. The Kier molecular flexibility index (Phi) is 5.18. The van der Waals surface area contributed by atoms with Gasteiger partial charge in [-0.2, -0.15) is 0 Å². The molecule has 2 amide bonds. The molecule has 0 aromatic heterocycles. The van der Waals surface area contributed by atoms with Gasteiger partial charge in [-0.1, -0.05) is 50.2 Å². The highest BCUT2D eigenvalue weighted by molar-refractivity contribution is 6.00. The van der Waals surface area contributed by atoms with Crippen molar-refractivity contribution in [3.63, 3.8) is 0 Å². The minimum atomic E-state index is 0.0221. The van der Waals surface area contributed by atoms with Gasteiger partial charge in [-0.05, 0) is 97.3 Å². The maximum atomic E-state index is 13.5. The van der Waals surface area contributed by atoms with E-state index in [-0.39, 0.29) is 23.3 Å². The van der Waals surface area contributed by atoms with Crippen LogP contribution in [-0.4, -0.2) is 23.3 Å². The SMILES string of the molecule is C[C@@H](c1ccccc1)N1CCc2c(NC(=O)CC34CC5CC(C)(CC(C)(C5)C3)C4)cccc2C1=O. The first-order valence-corrected chi connectivity index (χ1v) is 13.4. The normalized spacial score (nSPS) is 34.0. The summed E-state index contributed by atoms with van der Waals surface area (Å²) in [4.78, 5) is 28.8. The van der Waals surface area contributed by atoms with E-state index in [9.17, 15) is 9.59 Å². The quantitative estimate of drug-likeness (QED) is 0.524. The van der Waals surface area contributed by atoms with Gasteiger partial charge < -0.3 is 10.2 Å². The number of hydrogen-bond acceptors (Lipinski definition) is 2. The molecule has 1 N–H and O–H groups in total. The third-order valence-electron chi connectivity index (χ3n) is 9.57. The van der Waals surface area contributed by atoms with Crippen LogP contribution in [0.25, 0.3) is 0 Å². The van der Waals surface area contributed by atoms with Crippen LogP contribution in [0, 0.1) is 22.2 Å². The molecule has 2 unspecified atom stereocenters. The number of carbonyl (C=O) groups excluding carboxylic acids is 2. The summed E-state index contributed by atoms with van der Waals surface area (Å²) >= 11 is 0. The number of benzene rings is 2. The van der Waals surface area contributed by atoms with Gasteiger partial charge in [0, 0.05) is 24.2 Å². The van der Waals surface area contributed by atoms with Crippen molar-refractivity contribution in [2.24, 2.45) is 22.2 Å². The molecule has 184 valence electrons. The number of anilines is 1.